The molecule has 0 fully saturated rings. The molecule has 8 heteroatoms. The van der Waals surface area contributed by atoms with E-state index in [1.165, 1.54) is 18.2 Å². The van der Waals surface area contributed by atoms with E-state index in [4.69, 9.17) is 5.73 Å². The average Bonchev–Trinajstić information content (AvgIpc) is 2.36. The predicted octanol–water partition coefficient (Wildman–Crippen LogP) is 3.30. The Kier molecular flexibility index (Phi) is 4.26. The highest BCUT2D eigenvalue weighted by atomic mass is 79.9. The number of nitrogen functional groups attached to an aromatic ring is 1. The number of benzene rings is 2. The van der Waals surface area contributed by atoms with Crippen molar-refractivity contribution < 1.29 is 13.5 Å². The van der Waals surface area contributed by atoms with Crippen LogP contribution in [0.15, 0.2) is 50.2 Å². The molecule has 2 aromatic carbocycles. The van der Waals surface area contributed by atoms with Gasteiger partial charge in [-0.2, -0.15) is 0 Å². The van der Waals surface area contributed by atoms with Gasteiger partial charge in [0.1, 0.15) is 5.75 Å². The number of hydrogen-bond acceptors (Lipinski definition) is 4. The number of hydrogen-bond donors (Lipinski definition) is 3. The van der Waals surface area contributed by atoms with Gasteiger partial charge in [-0.3, -0.25) is 4.72 Å². The van der Waals surface area contributed by atoms with Crippen molar-refractivity contribution in [2.45, 2.75) is 4.90 Å². The van der Waals surface area contributed by atoms with Gasteiger partial charge in [0.05, 0.1) is 16.3 Å². The van der Waals surface area contributed by atoms with Crippen molar-refractivity contribution in [3.63, 3.8) is 0 Å². The van der Waals surface area contributed by atoms with Crippen LogP contribution in [0, 0.1) is 0 Å². The van der Waals surface area contributed by atoms with Crippen molar-refractivity contribution in [3.8, 4) is 5.75 Å². The van der Waals surface area contributed by atoms with Crippen molar-refractivity contribution in [1.82, 2.24) is 0 Å². The Morgan fingerprint density at radius 3 is 2.40 bits per heavy atom. The van der Waals surface area contributed by atoms with E-state index in [-0.39, 0.29) is 16.3 Å². The Bertz CT molecular complexity index is 763. The largest absolute Gasteiger partial charge is 0.506 e. The number of phenolic OH excluding ortho intramolecular Hbond substituents is 1. The molecule has 0 saturated carbocycles. The van der Waals surface area contributed by atoms with Crippen LogP contribution < -0.4 is 10.5 Å². The van der Waals surface area contributed by atoms with Gasteiger partial charge >= 0.3 is 0 Å². The summed E-state index contributed by atoms with van der Waals surface area (Å²) in [4.78, 5) is -0.0254. The van der Waals surface area contributed by atoms with E-state index in [0.717, 1.165) is 4.47 Å². The van der Waals surface area contributed by atoms with Gasteiger partial charge < -0.3 is 10.8 Å². The van der Waals surface area contributed by atoms with Crippen molar-refractivity contribution in [2.75, 3.05) is 10.5 Å². The standard InChI is InChI=1S/C12H10Br2N2O3S/c13-7-1-3-11(9(14)5-7)16-20(18,19)8-2-4-12(17)10(15)6-8/h1-6,16-17H,15H2. The Morgan fingerprint density at radius 2 is 1.80 bits per heavy atom. The molecular formula is C12H10Br2N2O3S. The summed E-state index contributed by atoms with van der Waals surface area (Å²) < 4.78 is 28.3. The summed E-state index contributed by atoms with van der Waals surface area (Å²) in [6.45, 7) is 0. The zero-order valence-corrected chi connectivity index (χ0v) is 14.0. The number of anilines is 2. The molecule has 0 aliphatic heterocycles. The summed E-state index contributed by atoms with van der Waals surface area (Å²) in [5.41, 5.74) is 5.91. The number of aromatic hydroxyl groups is 1. The minimum Gasteiger partial charge on any atom is -0.506 e. The normalized spacial score (nSPS) is 11.3. The number of phenols is 1. The van der Waals surface area contributed by atoms with E-state index in [1.807, 2.05) is 0 Å². The van der Waals surface area contributed by atoms with Gasteiger partial charge in [-0.1, -0.05) is 15.9 Å². The summed E-state index contributed by atoms with van der Waals surface area (Å²) in [7, 11) is -3.77. The predicted molar refractivity (Wildman–Crippen MR) is 85.2 cm³/mol. The lowest BCUT2D eigenvalue weighted by atomic mass is 10.3. The highest BCUT2D eigenvalue weighted by Crippen LogP contribution is 2.29. The number of halogens is 2. The van der Waals surface area contributed by atoms with Gasteiger partial charge in [-0.25, -0.2) is 8.42 Å². The van der Waals surface area contributed by atoms with Crippen LogP contribution in [-0.2, 0) is 10.0 Å². The van der Waals surface area contributed by atoms with Gasteiger partial charge in [0.25, 0.3) is 10.0 Å². The first-order chi connectivity index (χ1) is 9.29. The summed E-state index contributed by atoms with van der Waals surface area (Å²) in [5, 5.41) is 9.32. The molecule has 0 aliphatic carbocycles. The fourth-order valence-electron chi connectivity index (χ4n) is 1.48. The lowest BCUT2D eigenvalue weighted by Gasteiger charge is -2.11. The van der Waals surface area contributed by atoms with Crippen LogP contribution in [0.5, 0.6) is 5.75 Å². The van der Waals surface area contributed by atoms with Crippen LogP contribution in [0.3, 0.4) is 0 Å². The average molecular weight is 422 g/mol. The Balaban J connectivity index is 2.38. The first-order valence-corrected chi connectivity index (χ1v) is 8.43. The third kappa shape index (κ3) is 3.25. The van der Waals surface area contributed by atoms with Crippen LogP contribution >= 0.6 is 31.9 Å². The molecule has 2 aromatic rings. The van der Waals surface area contributed by atoms with Crippen molar-refractivity contribution >= 4 is 53.3 Å². The van der Waals surface area contributed by atoms with E-state index in [2.05, 4.69) is 36.6 Å². The smallest absolute Gasteiger partial charge is 0.262 e. The van der Waals surface area contributed by atoms with E-state index < -0.39 is 10.0 Å². The monoisotopic (exact) mass is 420 g/mol. The molecule has 4 N–H and O–H groups in total. The zero-order chi connectivity index (χ0) is 14.9. The first-order valence-electron chi connectivity index (χ1n) is 5.36. The van der Waals surface area contributed by atoms with Crippen LogP contribution in [0.4, 0.5) is 11.4 Å². The molecule has 0 spiro atoms. The minimum atomic E-state index is -3.77. The van der Waals surface area contributed by atoms with Crippen molar-refractivity contribution in [2.24, 2.45) is 0 Å². The molecule has 106 valence electrons. The Labute approximate surface area is 133 Å². The molecule has 20 heavy (non-hydrogen) atoms. The summed E-state index contributed by atoms with van der Waals surface area (Å²) >= 11 is 6.56. The molecule has 0 amide bonds. The fraction of sp³-hybridized carbons (Fsp3) is 0. The number of nitrogens with one attached hydrogen (secondary N) is 1. The van der Waals surface area contributed by atoms with E-state index >= 15 is 0 Å². The number of rotatable bonds is 3. The van der Waals surface area contributed by atoms with Gasteiger partial charge in [-0.05, 0) is 52.3 Å². The maximum atomic E-state index is 12.2. The van der Waals surface area contributed by atoms with E-state index in [1.54, 1.807) is 18.2 Å². The molecule has 0 bridgehead atoms. The zero-order valence-electron chi connectivity index (χ0n) is 9.97. The second-order valence-electron chi connectivity index (χ2n) is 3.95. The molecule has 2 rings (SSSR count). The molecular weight excluding hydrogens is 412 g/mol. The third-order valence-corrected chi connectivity index (χ3v) is 5.00. The van der Waals surface area contributed by atoms with Crippen LogP contribution in [0.1, 0.15) is 0 Å². The van der Waals surface area contributed by atoms with Crippen LogP contribution in [0.25, 0.3) is 0 Å². The molecule has 0 aromatic heterocycles. The molecule has 0 atom stereocenters. The Morgan fingerprint density at radius 1 is 1.10 bits per heavy atom. The maximum Gasteiger partial charge on any atom is 0.262 e. The second-order valence-corrected chi connectivity index (χ2v) is 7.40. The topological polar surface area (TPSA) is 92.4 Å². The highest BCUT2D eigenvalue weighted by Gasteiger charge is 2.17. The summed E-state index contributed by atoms with van der Waals surface area (Å²) in [5.74, 6) is -0.159. The Hall–Kier alpha value is -1.25. The molecule has 0 radical (unpaired) electrons. The molecule has 0 aliphatic rings. The van der Waals surface area contributed by atoms with Gasteiger partial charge in [0.15, 0.2) is 0 Å². The van der Waals surface area contributed by atoms with Gasteiger partial charge in [-0.15, -0.1) is 0 Å². The molecule has 0 saturated heterocycles. The number of sulfonamides is 1. The van der Waals surface area contributed by atoms with Gasteiger partial charge in [0, 0.05) is 8.95 Å². The minimum absolute atomic E-state index is 0.00254. The van der Waals surface area contributed by atoms with Gasteiger partial charge in [0.2, 0.25) is 0 Å². The third-order valence-electron chi connectivity index (χ3n) is 2.48. The van der Waals surface area contributed by atoms with Crippen LogP contribution in [-0.4, -0.2) is 13.5 Å². The summed E-state index contributed by atoms with van der Waals surface area (Å²) in [6, 6.07) is 8.78. The lowest BCUT2D eigenvalue weighted by molar-refractivity contribution is 0.477. The lowest BCUT2D eigenvalue weighted by Crippen LogP contribution is -2.13. The van der Waals surface area contributed by atoms with Crippen LogP contribution in [0.2, 0.25) is 0 Å². The maximum absolute atomic E-state index is 12.2. The SMILES string of the molecule is Nc1cc(S(=O)(=O)Nc2ccc(Br)cc2Br)ccc1O. The van der Waals surface area contributed by atoms with Crippen molar-refractivity contribution in [1.29, 1.82) is 0 Å². The fourth-order valence-corrected chi connectivity index (χ4v) is 3.87. The molecule has 5 nitrogen and oxygen atoms in total. The molecule has 0 unspecified atom stereocenters. The first kappa shape index (κ1) is 15.1. The molecule has 0 heterocycles. The quantitative estimate of drug-likeness (QED) is 0.523. The van der Waals surface area contributed by atoms with Crippen molar-refractivity contribution in [3.05, 3.63) is 45.3 Å². The summed E-state index contributed by atoms with van der Waals surface area (Å²) in [6.07, 6.45) is 0. The number of nitrogens with two attached hydrogens (primary N) is 1. The second kappa shape index (κ2) is 5.63. The van der Waals surface area contributed by atoms with E-state index in [9.17, 15) is 13.5 Å². The highest BCUT2D eigenvalue weighted by molar-refractivity contribution is 9.11. The van der Waals surface area contributed by atoms with E-state index in [0.29, 0.717) is 10.2 Å².